The highest BCUT2D eigenvalue weighted by Crippen LogP contribution is 2.23. The lowest BCUT2D eigenvalue weighted by Gasteiger charge is -2.32. The molecule has 0 aliphatic carbocycles. The molecule has 0 aliphatic rings. The monoisotopic (exact) mass is 259 g/mol. The van der Waals surface area contributed by atoms with Crippen LogP contribution in [0.15, 0.2) is 0 Å². The summed E-state index contributed by atoms with van der Waals surface area (Å²) in [5.74, 6) is 0.472. The number of rotatable bonds is 9. The van der Waals surface area contributed by atoms with Gasteiger partial charge in [-0.05, 0) is 60.3 Å². The van der Waals surface area contributed by atoms with Crippen LogP contribution in [0.4, 0.5) is 0 Å². The summed E-state index contributed by atoms with van der Waals surface area (Å²) in [6, 6.07) is 0.216. The number of nitrogens with two attached hydrogens (primary N) is 1. The fourth-order valence-electron chi connectivity index (χ4n) is 2.06. The molecule has 2 unspecified atom stereocenters. The zero-order valence-corrected chi connectivity index (χ0v) is 13.4. The first-order valence-electron chi connectivity index (χ1n) is 7.13. The molecule has 2 N–H and O–H groups in total. The van der Waals surface area contributed by atoms with Crippen LogP contribution < -0.4 is 5.73 Å². The Bertz CT molecular complexity index is 225. The lowest BCUT2D eigenvalue weighted by molar-refractivity contribution is -0.0762. The zero-order chi connectivity index (χ0) is 14.4. The van der Waals surface area contributed by atoms with Gasteiger partial charge in [0.05, 0.1) is 17.8 Å². The Morgan fingerprint density at radius 3 is 2.00 bits per heavy atom. The van der Waals surface area contributed by atoms with Gasteiger partial charge in [-0.1, -0.05) is 6.92 Å². The van der Waals surface area contributed by atoms with Crippen LogP contribution in [0.1, 0.15) is 61.3 Å². The maximum atomic E-state index is 6.00. The van der Waals surface area contributed by atoms with Crippen molar-refractivity contribution < 1.29 is 9.47 Å². The van der Waals surface area contributed by atoms with Crippen molar-refractivity contribution in [3.8, 4) is 0 Å². The van der Waals surface area contributed by atoms with E-state index in [0.29, 0.717) is 5.92 Å². The largest absolute Gasteiger partial charge is 0.376 e. The minimum Gasteiger partial charge on any atom is -0.376 e. The Labute approximate surface area is 113 Å². The summed E-state index contributed by atoms with van der Waals surface area (Å²) in [5, 5.41) is 0. The Kier molecular flexibility index (Phi) is 7.41. The Morgan fingerprint density at radius 2 is 1.56 bits per heavy atom. The zero-order valence-electron chi connectivity index (χ0n) is 13.4. The van der Waals surface area contributed by atoms with Gasteiger partial charge in [0, 0.05) is 12.6 Å². The second-order valence-corrected chi connectivity index (χ2v) is 6.59. The highest BCUT2D eigenvalue weighted by molar-refractivity contribution is 4.77. The van der Waals surface area contributed by atoms with Crippen molar-refractivity contribution in [2.24, 2.45) is 11.7 Å². The quantitative estimate of drug-likeness (QED) is 0.690. The van der Waals surface area contributed by atoms with Gasteiger partial charge in [-0.15, -0.1) is 0 Å². The summed E-state index contributed by atoms with van der Waals surface area (Å²) < 4.78 is 11.7. The molecule has 0 rings (SSSR count). The fraction of sp³-hybridized carbons (Fsp3) is 1.00. The minimum atomic E-state index is -0.116. The van der Waals surface area contributed by atoms with Crippen molar-refractivity contribution in [3.05, 3.63) is 0 Å². The van der Waals surface area contributed by atoms with E-state index < -0.39 is 0 Å². The van der Waals surface area contributed by atoms with Gasteiger partial charge in [0.2, 0.25) is 0 Å². The van der Waals surface area contributed by atoms with Crippen LogP contribution in [0.5, 0.6) is 0 Å². The molecule has 0 heterocycles. The molecule has 0 aromatic carbocycles. The molecule has 2 atom stereocenters. The molecule has 3 heteroatoms. The second kappa shape index (κ2) is 7.46. The SMILES string of the molecule is CCOC(C)(C)CCOC(C)(C)CC(C)C(C)N. The van der Waals surface area contributed by atoms with Gasteiger partial charge < -0.3 is 15.2 Å². The van der Waals surface area contributed by atoms with Crippen molar-refractivity contribution >= 4 is 0 Å². The molecule has 0 bridgehead atoms. The smallest absolute Gasteiger partial charge is 0.0648 e. The topological polar surface area (TPSA) is 44.5 Å². The summed E-state index contributed by atoms with van der Waals surface area (Å²) in [6.45, 7) is 16.2. The molecule has 0 aromatic rings. The lowest BCUT2D eigenvalue weighted by atomic mass is 9.90. The predicted molar refractivity (Wildman–Crippen MR) is 77.8 cm³/mol. The summed E-state index contributed by atoms with van der Waals surface area (Å²) in [4.78, 5) is 0. The Morgan fingerprint density at radius 1 is 1.00 bits per heavy atom. The summed E-state index contributed by atoms with van der Waals surface area (Å²) >= 11 is 0. The van der Waals surface area contributed by atoms with E-state index in [1.165, 1.54) is 0 Å². The van der Waals surface area contributed by atoms with Gasteiger partial charge >= 0.3 is 0 Å². The van der Waals surface area contributed by atoms with Crippen molar-refractivity contribution in [3.63, 3.8) is 0 Å². The molecule has 0 amide bonds. The van der Waals surface area contributed by atoms with E-state index >= 15 is 0 Å². The average Bonchev–Trinajstić information content (AvgIpc) is 2.15. The molecule has 0 radical (unpaired) electrons. The molecular weight excluding hydrogens is 226 g/mol. The molecule has 110 valence electrons. The van der Waals surface area contributed by atoms with E-state index in [2.05, 4.69) is 41.5 Å². The normalized spacial score (nSPS) is 16.7. The van der Waals surface area contributed by atoms with Crippen LogP contribution >= 0.6 is 0 Å². The van der Waals surface area contributed by atoms with Crippen LogP contribution in [0.2, 0.25) is 0 Å². The fourth-order valence-corrected chi connectivity index (χ4v) is 2.06. The first-order chi connectivity index (χ1) is 8.09. The minimum absolute atomic E-state index is 0.0996. The first kappa shape index (κ1) is 17.9. The molecule has 0 spiro atoms. The van der Waals surface area contributed by atoms with Gasteiger partial charge in [0.25, 0.3) is 0 Å². The molecule has 3 nitrogen and oxygen atoms in total. The van der Waals surface area contributed by atoms with Crippen molar-refractivity contribution in [1.82, 2.24) is 0 Å². The van der Waals surface area contributed by atoms with E-state index in [9.17, 15) is 0 Å². The van der Waals surface area contributed by atoms with Crippen molar-refractivity contribution in [2.45, 2.75) is 78.6 Å². The van der Waals surface area contributed by atoms with Gasteiger partial charge in [0.1, 0.15) is 0 Å². The molecule has 0 aromatic heterocycles. The van der Waals surface area contributed by atoms with Gasteiger partial charge in [-0.3, -0.25) is 0 Å². The Balaban J connectivity index is 4.04. The average molecular weight is 259 g/mol. The molecule has 18 heavy (non-hydrogen) atoms. The molecule has 0 fully saturated rings. The third-order valence-electron chi connectivity index (χ3n) is 3.44. The van der Waals surface area contributed by atoms with E-state index in [0.717, 1.165) is 26.1 Å². The van der Waals surface area contributed by atoms with Crippen LogP contribution in [-0.4, -0.2) is 30.5 Å². The van der Waals surface area contributed by atoms with Gasteiger partial charge in [-0.2, -0.15) is 0 Å². The van der Waals surface area contributed by atoms with Crippen LogP contribution in [0.3, 0.4) is 0 Å². The third kappa shape index (κ3) is 8.06. The number of hydrogen-bond donors (Lipinski definition) is 1. The molecule has 0 saturated heterocycles. The lowest BCUT2D eigenvalue weighted by Crippen LogP contribution is -2.35. The maximum Gasteiger partial charge on any atom is 0.0648 e. The summed E-state index contributed by atoms with van der Waals surface area (Å²) in [6.07, 6.45) is 1.90. The van der Waals surface area contributed by atoms with E-state index in [1.807, 2.05) is 6.92 Å². The maximum absolute atomic E-state index is 6.00. The van der Waals surface area contributed by atoms with E-state index in [-0.39, 0.29) is 17.2 Å². The number of hydrogen-bond acceptors (Lipinski definition) is 3. The van der Waals surface area contributed by atoms with Crippen molar-refractivity contribution in [2.75, 3.05) is 13.2 Å². The van der Waals surface area contributed by atoms with Gasteiger partial charge in [0.15, 0.2) is 0 Å². The van der Waals surface area contributed by atoms with Crippen LogP contribution in [-0.2, 0) is 9.47 Å². The Hall–Kier alpha value is -0.120. The molecule has 0 aliphatic heterocycles. The predicted octanol–water partition coefficient (Wildman–Crippen LogP) is 3.36. The van der Waals surface area contributed by atoms with E-state index in [1.54, 1.807) is 0 Å². The van der Waals surface area contributed by atoms with Crippen molar-refractivity contribution in [1.29, 1.82) is 0 Å². The summed E-state index contributed by atoms with van der Waals surface area (Å²) in [5.41, 5.74) is 5.69. The third-order valence-corrected chi connectivity index (χ3v) is 3.44. The second-order valence-electron chi connectivity index (χ2n) is 6.59. The molecular formula is C15H33NO2. The van der Waals surface area contributed by atoms with Crippen LogP contribution in [0, 0.1) is 5.92 Å². The van der Waals surface area contributed by atoms with Gasteiger partial charge in [-0.25, -0.2) is 0 Å². The summed E-state index contributed by atoms with van der Waals surface area (Å²) in [7, 11) is 0. The first-order valence-corrected chi connectivity index (χ1v) is 7.13. The van der Waals surface area contributed by atoms with Crippen LogP contribution in [0.25, 0.3) is 0 Å². The number of ether oxygens (including phenoxy) is 2. The highest BCUT2D eigenvalue weighted by Gasteiger charge is 2.25. The van der Waals surface area contributed by atoms with E-state index in [4.69, 9.17) is 15.2 Å². The standard InChI is InChI=1S/C15H33NO2/c1-8-17-14(4,5)9-10-18-15(6,7)11-12(2)13(3)16/h12-13H,8-11,16H2,1-7H3. The molecule has 0 saturated carbocycles. The highest BCUT2D eigenvalue weighted by atomic mass is 16.5.